The second-order valence-corrected chi connectivity index (χ2v) is 3.58. The number of rotatable bonds is 5. The summed E-state index contributed by atoms with van der Waals surface area (Å²) in [5, 5.41) is 0. The van der Waals surface area contributed by atoms with Crippen molar-refractivity contribution in [3.63, 3.8) is 0 Å². The van der Waals surface area contributed by atoms with Gasteiger partial charge in [0, 0.05) is 13.1 Å². The lowest BCUT2D eigenvalue weighted by Gasteiger charge is -2.14. The number of likely N-dealkylation sites (tertiary alicyclic amines) is 1. The van der Waals surface area contributed by atoms with E-state index in [0.29, 0.717) is 6.42 Å². The highest BCUT2D eigenvalue weighted by atomic mass is 19.1. The van der Waals surface area contributed by atoms with Crippen molar-refractivity contribution < 1.29 is 4.39 Å². The van der Waals surface area contributed by atoms with Crippen LogP contribution in [0.25, 0.3) is 0 Å². The Bertz CT molecular complexity index is 119. The van der Waals surface area contributed by atoms with E-state index in [1.165, 1.54) is 6.42 Å². The molecule has 2 N–H and O–H groups in total. The van der Waals surface area contributed by atoms with Crippen LogP contribution in [0.5, 0.6) is 0 Å². The van der Waals surface area contributed by atoms with E-state index in [0.717, 1.165) is 38.5 Å². The van der Waals surface area contributed by atoms with E-state index >= 15 is 0 Å². The summed E-state index contributed by atoms with van der Waals surface area (Å²) in [5.41, 5.74) is 5.48. The zero-order chi connectivity index (χ0) is 8.81. The van der Waals surface area contributed by atoms with Crippen molar-refractivity contribution in [3.8, 4) is 0 Å². The van der Waals surface area contributed by atoms with Gasteiger partial charge in [-0.1, -0.05) is 0 Å². The largest absolute Gasteiger partial charge is 0.330 e. The van der Waals surface area contributed by atoms with Gasteiger partial charge in [-0.05, 0) is 38.3 Å². The Morgan fingerprint density at radius 2 is 2.33 bits per heavy atom. The quantitative estimate of drug-likeness (QED) is 0.674. The Balaban J connectivity index is 2.08. The molecule has 1 atom stereocenters. The van der Waals surface area contributed by atoms with Gasteiger partial charge in [-0.2, -0.15) is 0 Å². The van der Waals surface area contributed by atoms with Crippen LogP contribution in [0.4, 0.5) is 4.39 Å². The molecule has 1 aliphatic rings. The molecular formula is C9H19FN2. The monoisotopic (exact) mass is 174 g/mol. The second-order valence-electron chi connectivity index (χ2n) is 3.58. The van der Waals surface area contributed by atoms with Crippen LogP contribution < -0.4 is 5.73 Å². The SMILES string of the molecule is NCCC1CCN(CCCF)C1. The number of nitrogens with two attached hydrogens (primary N) is 1. The van der Waals surface area contributed by atoms with E-state index in [1.807, 2.05) is 0 Å². The fourth-order valence-corrected chi connectivity index (χ4v) is 1.87. The summed E-state index contributed by atoms with van der Waals surface area (Å²) in [7, 11) is 0. The fourth-order valence-electron chi connectivity index (χ4n) is 1.87. The van der Waals surface area contributed by atoms with Gasteiger partial charge in [0.1, 0.15) is 0 Å². The maximum atomic E-state index is 11.8. The van der Waals surface area contributed by atoms with Gasteiger partial charge in [-0.3, -0.25) is 4.39 Å². The number of hydrogen-bond acceptors (Lipinski definition) is 2. The van der Waals surface area contributed by atoms with Gasteiger partial charge in [-0.15, -0.1) is 0 Å². The topological polar surface area (TPSA) is 29.3 Å². The molecule has 1 fully saturated rings. The lowest BCUT2D eigenvalue weighted by molar-refractivity contribution is 0.299. The Hall–Kier alpha value is -0.150. The van der Waals surface area contributed by atoms with Crippen LogP contribution in [-0.2, 0) is 0 Å². The first-order chi connectivity index (χ1) is 5.86. The van der Waals surface area contributed by atoms with Crippen molar-refractivity contribution in [2.75, 3.05) is 32.9 Å². The fraction of sp³-hybridized carbons (Fsp3) is 1.00. The summed E-state index contributed by atoms with van der Waals surface area (Å²) in [6.07, 6.45) is 3.07. The summed E-state index contributed by atoms with van der Waals surface area (Å²) >= 11 is 0. The van der Waals surface area contributed by atoms with E-state index in [2.05, 4.69) is 4.90 Å². The Morgan fingerprint density at radius 3 is 3.00 bits per heavy atom. The first kappa shape index (κ1) is 9.93. The first-order valence-electron chi connectivity index (χ1n) is 4.85. The average molecular weight is 174 g/mol. The molecule has 0 aromatic heterocycles. The van der Waals surface area contributed by atoms with Crippen molar-refractivity contribution in [2.45, 2.75) is 19.3 Å². The molecule has 0 aliphatic carbocycles. The molecule has 1 aliphatic heterocycles. The summed E-state index contributed by atoms with van der Waals surface area (Å²) in [6.45, 7) is 3.82. The van der Waals surface area contributed by atoms with Crippen LogP contribution in [0.2, 0.25) is 0 Å². The van der Waals surface area contributed by atoms with Crippen LogP contribution in [-0.4, -0.2) is 37.8 Å². The number of halogens is 1. The molecule has 72 valence electrons. The molecule has 0 spiro atoms. The zero-order valence-corrected chi connectivity index (χ0v) is 7.64. The van der Waals surface area contributed by atoms with Gasteiger partial charge in [-0.25, -0.2) is 0 Å². The van der Waals surface area contributed by atoms with Crippen molar-refractivity contribution >= 4 is 0 Å². The molecule has 12 heavy (non-hydrogen) atoms. The lowest BCUT2D eigenvalue weighted by atomic mass is 10.1. The van der Waals surface area contributed by atoms with E-state index in [1.54, 1.807) is 0 Å². The van der Waals surface area contributed by atoms with Gasteiger partial charge < -0.3 is 10.6 Å². The van der Waals surface area contributed by atoms with Gasteiger partial charge >= 0.3 is 0 Å². The molecule has 1 unspecified atom stereocenters. The normalized spacial score (nSPS) is 25.0. The zero-order valence-electron chi connectivity index (χ0n) is 7.64. The standard InChI is InChI=1S/C9H19FN2/c10-4-1-6-12-7-3-9(8-12)2-5-11/h9H,1-8,11H2. The number of nitrogens with zero attached hydrogens (tertiary/aromatic N) is 1. The summed E-state index contributed by atoms with van der Waals surface area (Å²) in [6, 6.07) is 0. The Labute approximate surface area is 73.9 Å². The Kier molecular flexibility index (Phi) is 4.54. The van der Waals surface area contributed by atoms with Crippen molar-refractivity contribution in [3.05, 3.63) is 0 Å². The van der Waals surface area contributed by atoms with E-state index < -0.39 is 0 Å². The van der Waals surface area contributed by atoms with Crippen molar-refractivity contribution in [2.24, 2.45) is 11.7 Å². The van der Waals surface area contributed by atoms with E-state index in [-0.39, 0.29) is 6.67 Å². The third-order valence-electron chi connectivity index (χ3n) is 2.55. The third-order valence-corrected chi connectivity index (χ3v) is 2.55. The van der Waals surface area contributed by atoms with Gasteiger partial charge in [0.2, 0.25) is 0 Å². The molecule has 0 amide bonds. The highest BCUT2D eigenvalue weighted by Gasteiger charge is 2.20. The summed E-state index contributed by atoms with van der Waals surface area (Å²) in [5.74, 6) is 0.773. The average Bonchev–Trinajstić information content (AvgIpc) is 2.50. The molecular weight excluding hydrogens is 155 g/mol. The second kappa shape index (κ2) is 5.49. The lowest BCUT2D eigenvalue weighted by Crippen LogP contribution is -2.22. The van der Waals surface area contributed by atoms with E-state index in [9.17, 15) is 4.39 Å². The summed E-state index contributed by atoms with van der Waals surface area (Å²) < 4.78 is 11.8. The minimum Gasteiger partial charge on any atom is -0.330 e. The molecule has 0 saturated carbocycles. The maximum Gasteiger partial charge on any atom is 0.0906 e. The molecule has 1 saturated heterocycles. The van der Waals surface area contributed by atoms with Crippen LogP contribution in [0.15, 0.2) is 0 Å². The molecule has 1 heterocycles. The van der Waals surface area contributed by atoms with Gasteiger partial charge in [0.05, 0.1) is 6.67 Å². The summed E-state index contributed by atoms with van der Waals surface area (Å²) in [4.78, 5) is 2.35. The predicted molar refractivity (Wildman–Crippen MR) is 48.8 cm³/mol. The third kappa shape index (κ3) is 3.07. The van der Waals surface area contributed by atoms with Crippen molar-refractivity contribution in [1.82, 2.24) is 4.90 Å². The van der Waals surface area contributed by atoms with Gasteiger partial charge in [0.25, 0.3) is 0 Å². The molecule has 0 bridgehead atoms. The highest BCUT2D eigenvalue weighted by Crippen LogP contribution is 2.18. The first-order valence-corrected chi connectivity index (χ1v) is 4.85. The van der Waals surface area contributed by atoms with E-state index in [4.69, 9.17) is 5.73 Å². The highest BCUT2D eigenvalue weighted by molar-refractivity contribution is 4.75. The smallest absolute Gasteiger partial charge is 0.0906 e. The molecule has 0 aromatic rings. The van der Waals surface area contributed by atoms with Gasteiger partial charge in [0.15, 0.2) is 0 Å². The Morgan fingerprint density at radius 1 is 1.50 bits per heavy atom. The van der Waals surface area contributed by atoms with Crippen LogP contribution >= 0.6 is 0 Å². The predicted octanol–water partition coefficient (Wildman–Crippen LogP) is 1.02. The molecule has 0 radical (unpaired) electrons. The maximum absolute atomic E-state index is 11.8. The van der Waals surface area contributed by atoms with Crippen molar-refractivity contribution in [1.29, 1.82) is 0 Å². The number of hydrogen-bond donors (Lipinski definition) is 1. The minimum absolute atomic E-state index is 0.182. The van der Waals surface area contributed by atoms with Crippen LogP contribution in [0.3, 0.4) is 0 Å². The molecule has 3 heteroatoms. The number of alkyl halides is 1. The van der Waals surface area contributed by atoms with Crippen LogP contribution in [0, 0.1) is 5.92 Å². The molecule has 1 rings (SSSR count). The van der Waals surface area contributed by atoms with Crippen LogP contribution in [0.1, 0.15) is 19.3 Å². The molecule has 0 aromatic carbocycles. The molecule has 2 nitrogen and oxygen atoms in total. The minimum atomic E-state index is -0.182.